The Balaban J connectivity index is 2.00. The molecule has 2 aromatic rings. The molecule has 0 fully saturated rings. The number of hydrogen-bond donors (Lipinski definition) is 0. The summed E-state index contributed by atoms with van der Waals surface area (Å²) in [5.41, 5.74) is -0.277. The van der Waals surface area contributed by atoms with E-state index in [0.29, 0.717) is 11.8 Å². The third kappa shape index (κ3) is 4.60. The lowest BCUT2D eigenvalue weighted by atomic mass is 9.91. The van der Waals surface area contributed by atoms with Gasteiger partial charge in [0.25, 0.3) is 11.8 Å². The Morgan fingerprint density at radius 3 is 2.38 bits per heavy atom. The Labute approximate surface area is 166 Å². The molecule has 0 atom stereocenters. The number of benzene rings is 2. The second kappa shape index (κ2) is 7.20. The average Bonchev–Trinajstić information content (AvgIpc) is 2.60. The highest BCUT2D eigenvalue weighted by molar-refractivity contribution is 7.81. The van der Waals surface area contributed by atoms with E-state index >= 15 is 0 Å². The zero-order valence-electron chi connectivity index (χ0n) is 15.9. The van der Waals surface area contributed by atoms with E-state index < -0.39 is 28.3 Å². The summed E-state index contributed by atoms with van der Waals surface area (Å²) >= 11 is 0. The molecule has 2 amide bonds. The molecule has 0 spiro atoms. The lowest BCUT2D eigenvalue weighted by Crippen LogP contribution is -2.41. The van der Waals surface area contributed by atoms with Crippen molar-refractivity contribution in [3.63, 3.8) is 0 Å². The van der Waals surface area contributed by atoms with Crippen molar-refractivity contribution in [2.45, 2.75) is 33.6 Å². The van der Waals surface area contributed by atoms with Gasteiger partial charge in [-0.15, -0.1) is 9.35 Å². The second-order valence-electron chi connectivity index (χ2n) is 7.78. The van der Waals surface area contributed by atoms with Gasteiger partial charge in [0.05, 0.1) is 11.1 Å². The standard InChI is InChI=1S/C19H18FNO7S/c1-19(2,3)8-7-15(22)27-12-9-11-5-4-6-13-16(11)14(10-12)18(24)21(17(13)23)28-29(20,25)26/h4-6,9-10H,7-8H2,1-3H3. The van der Waals surface area contributed by atoms with Gasteiger partial charge in [0.2, 0.25) is 0 Å². The van der Waals surface area contributed by atoms with Crippen LogP contribution in [0.15, 0.2) is 30.3 Å². The highest BCUT2D eigenvalue weighted by atomic mass is 32.3. The third-order valence-corrected chi connectivity index (χ3v) is 4.58. The van der Waals surface area contributed by atoms with Crippen molar-refractivity contribution in [3.8, 4) is 5.75 Å². The zero-order chi connectivity index (χ0) is 21.6. The molecule has 0 saturated carbocycles. The lowest BCUT2D eigenvalue weighted by Gasteiger charge is -2.24. The van der Waals surface area contributed by atoms with Gasteiger partial charge in [-0.25, -0.2) is 0 Å². The summed E-state index contributed by atoms with van der Waals surface area (Å²) < 4.78 is 43.8. The molecule has 29 heavy (non-hydrogen) atoms. The van der Waals surface area contributed by atoms with E-state index in [1.165, 1.54) is 24.3 Å². The fraction of sp³-hybridized carbons (Fsp3) is 0.316. The fourth-order valence-corrected chi connectivity index (χ4v) is 3.25. The molecule has 0 bridgehead atoms. The summed E-state index contributed by atoms with van der Waals surface area (Å²) in [6.45, 7) is 5.93. The molecule has 1 heterocycles. The summed E-state index contributed by atoms with van der Waals surface area (Å²) in [6.07, 6.45) is 0.735. The largest absolute Gasteiger partial charge is 0.459 e. The van der Waals surface area contributed by atoms with E-state index in [9.17, 15) is 26.7 Å². The predicted octanol–water partition coefficient (Wildman–Crippen LogP) is 3.31. The number of ether oxygens (including phenoxy) is 1. The van der Waals surface area contributed by atoms with E-state index in [0.717, 1.165) is 0 Å². The number of esters is 1. The van der Waals surface area contributed by atoms with Crippen LogP contribution in [0.1, 0.15) is 54.3 Å². The van der Waals surface area contributed by atoms with Gasteiger partial charge < -0.3 is 4.74 Å². The van der Waals surface area contributed by atoms with Gasteiger partial charge >= 0.3 is 16.5 Å². The first-order valence-corrected chi connectivity index (χ1v) is 9.97. The van der Waals surface area contributed by atoms with Crippen LogP contribution in [-0.2, 0) is 19.6 Å². The predicted molar refractivity (Wildman–Crippen MR) is 99.9 cm³/mol. The summed E-state index contributed by atoms with van der Waals surface area (Å²) in [7, 11) is -5.61. The van der Waals surface area contributed by atoms with Crippen molar-refractivity contribution < 1.29 is 35.7 Å². The number of hydroxylamine groups is 2. The van der Waals surface area contributed by atoms with Crippen molar-refractivity contribution in [2.24, 2.45) is 5.41 Å². The van der Waals surface area contributed by atoms with Crippen molar-refractivity contribution in [1.82, 2.24) is 5.06 Å². The average molecular weight is 423 g/mol. The molecule has 0 N–H and O–H groups in total. The van der Waals surface area contributed by atoms with Gasteiger partial charge in [0.1, 0.15) is 5.75 Å². The maximum atomic E-state index is 13.0. The SMILES string of the molecule is CC(C)(C)CCC(=O)Oc1cc2c3c(cccc3c1)C(=O)N(OS(=O)(=O)F)C2=O. The van der Waals surface area contributed by atoms with E-state index in [1.54, 1.807) is 6.07 Å². The fourth-order valence-electron chi connectivity index (χ4n) is 2.93. The van der Waals surface area contributed by atoms with Crippen LogP contribution in [0.3, 0.4) is 0 Å². The van der Waals surface area contributed by atoms with Crippen LogP contribution in [-0.4, -0.2) is 31.3 Å². The van der Waals surface area contributed by atoms with Crippen LogP contribution in [0.2, 0.25) is 0 Å². The number of carbonyl (C=O) groups is 3. The number of hydrogen-bond acceptors (Lipinski definition) is 7. The molecular formula is C19H18FNO7S. The minimum absolute atomic E-state index is 0.0364. The normalized spacial score (nSPS) is 14.4. The Hall–Kier alpha value is -2.85. The van der Waals surface area contributed by atoms with Crippen molar-refractivity contribution in [1.29, 1.82) is 0 Å². The van der Waals surface area contributed by atoms with E-state index in [4.69, 9.17) is 4.74 Å². The number of halogens is 1. The summed E-state index contributed by atoms with van der Waals surface area (Å²) in [6, 6.07) is 7.11. The van der Waals surface area contributed by atoms with Crippen LogP contribution in [0.25, 0.3) is 10.8 Å². The number of carbonyl (C=O) groups excluding carboxylic acids is 3. The van der Waals surface area contributed by atoms with Crippen LogP contribution in [0.4, 0.5) is 3.89 Å². The first-order valence-electron chi connectivity index (χ1n) is 8.66. The minimum Gasteiger partial charge on any atom is -0.426 e. The highest BCUT2D eigenvalue weighted by Crippen LogP contribution is 2.34. The van der Waals surface area contributed by atoms with Gasteiger partial charge in [0.15, 0.2) is 0 Å². The quantitative estimate of drug-likeness (QED) is 0.314. The lowest BCUT2D eigenvalue weighted by molar-refractivity contribution is -0.134. The second-order valence-corrected chi connectivity index (χ2v) is 8.72. The Morgan fingerprint density at radius 2 is 1.76 bits per heavy atom. The van der Waals surface area contributed by atoms with E-state index in [1.807, 2.05) is 20.8 Å². The van der Waals surface area contributed by atoms with E-state index in [2.05, 4.69) is 4.28 Å². The molecule has 3 rings (SSSR count). The Morgan fingerprint density at radius 1 is 1.10 bits per heavy atom. The van der Waals surface area contributed by atoms with Crippen LogP contribution < -0.4 is 4.74 Å². The first-order chi connectivity index (χ1) is 13.4. The molecule has 0 aliphatic carbocycles. The molecule has 1 aliphatic heterocycles. The third-order valence-electron chi connectivity index (χ3n) is 4.25. The number of imide groups is 1. The molecule has 0 radical (unpaired) electrons. The van der Waals surface area contributed by atoms with Crippen molar-refractivity contribution >= 4 is 39.1 Å². The summed E-state index contributed by atoms with van der Waals surface area (Å²) in [4.78, 5) is 37.1. The summed E-state index contributed by atoms with van der Waals surface area (Å²) in [5, 5.41) is 0.480. The maximum Gasteiger partial charge on any atom is 0.459 e. The van der Waals surface area contributed by atoms with Gasteiger partial charge in [0, 0.05) is 11.8 Å². The molecule has 154 valence electrons. The van der Waals surface area contributed by atoms with Crippen molar-refractivity contribution in [2.75, 3.05) is 0 Å². The topological polar surface area (TPSA) is 107 Å². The molecule has 1 aliphatic rings. The molecule has 8 nitrogen and oxygen atoms in total. The molecule has 2 aromatic carbocycles. The van der Waals surface area contributed by atoms with Crippen LogP contribution in [0.5, 0.6) is 5.75 Å². The Kier molecular flexibility index (Phi) is 5.18. The number of amides is 2. The van der Waals surface area contributed by atoms with Crippen molar-refractivity contribution in [3.05, 3.63) is 41.5 Å². The monoisotopic (exact) mass is 423 g/mol. The van der Waals surface area contributed by atoms with Gasteiger partial charge in [-0.1, -0.05) is 36.8 Å². The van der Waals surface area contributed by atoms with E-state index in [-0.39, 0.29) is 39.2 Å². The summed E-state index contributed by atoms with van der Waals surface area (Å²) in [5.74, 6) is -2.78. The molecule has 0 saturated heterocycles. The first kappa shape index (κ1) is 20.9. The molecule has 0 aromatic heterocycles. The molecule has 10 heteroatoms. The maximum absolute atomic E-state index is 13.0. The minimum atomic E-state index is -5.61. The van der Waals surface area contributed by atoms with Gasteiger partial charge in [-0.3, -0.25) is 14.4 Å². The van der Waals surface area contributed by atoms with Crippen LogP contribution in [0, 0.1) is 5.41 Å². The smallest absolute Gasteiger partial charge is 0.426 e. The number of rotatable bonds is 5. The van der Waals surface area contributed by atoms with Gasteiger partial charge in [-0.2, -0.15) is 8.42 Å². The highest BCUT2D eigenvalue weighted by Gasteiger charge is 2.37. The molecular weight excluding hydrogens is 405 g/mol. The zero-order valence-corrected chi connectivity index (χ0v) is 16.7. The van der Waals surface area contributed by atoms with Gasteiger partial charge in [-0.05, 0) is 35.4 Å². The number of nitrogens with zero attached hydrogens (tertiary/aromatic N) is 1. The Bertz CT molecular complexity index is 1140. The van der Waals surface area contributed by atoms with Crippen LogP contribution >= 0.6 is 0 Å². The molecule has 0 unspecified atom stereocenters.